The third-order valence-corrected chi connectivity index (χ3v) is 4.03. The van der Waals surface area contributed by atoms with Crippen LogP contribution in [0.3, 0.4) is 0 Å². The van der Waals surface area contributed by atoms with E-state index in [0.29, 0.717) is 27.8 Å². The van der Waals surface area contributed by atoms with Gasteiger partial charge in [-0.15, -0.1) is 0 Å². The number of hydrogen-bond acceptors (Lipinski definition) is 5. The lowest BCUT2D eigenvalue weighted by Crippen LogP contribution is -2.02. The number of hydrogen-bond donors (Lipinski definition) is 2. The first kappa shape index (κ1) is 15.3. The smallest absolute Gasteiger partial charge is 0.337 e. The molecule has 0 aliphatic rings. The summed E-state index contributed by atoms with van der Waals surface area (Å²) >= 11 is 0. The SMILES string of the molecule is O=C(O)c1cccc2nc3ccc4c(OCCO)cccc4c3nc12. The number of ether oxygens (including phenoxy) is 1. The normalized spacial score (nSPS) is 11.2. The molecular formula is C19H14N2O4. The van der Waals surface area contributed by atoms with Crippen LogP contribution in [-0.4, -0.2) is 39.4 Å². The van der Waals surface area contributed by atoms with Crippen molar-refractivity contribution < 1.29 is 19.7 Å². The van der Waals surface area contributed by atoms with E-state index in [0.717, 1.165) is 10.8 Å². The van der Waals surface area contributed by atoms with Gasteiger partial charge in [0.25, 0.3) is 0 Å². The molecule has 0 aliphatic heterocycles. The molecule has 0 fully saturated rings. The van der Waals surface area contributed by atoms with Gasteiger partial charge >= 0.3 is 5.97 Å². The summed E-state index contributed by atoms with van der Waals surface area (Å²) in [5.41, 5.74) is 2.32. The Labute approximate surface area is 142 Å². The first-order chi connectivity index (χ1) is 12.2. The zero-order valence-electron chi connectivity index (χ0n) is 13.1. The summed E-state index contributed by atoms with van der Waals surface area (Å²) in [6.45, 7) is 0.125. The summed E-state index contributed by atoms with van der Waals surface area (Å²) in [4.78, 5) is 20.6. The molecule has 0 saturated carbocycles. The topological polar surface area (TPSA) is 92.5 Å². The largest absolute Gasteiger partial charge is 0.491 e. The van der Waals surface area contributed by atoms with Crippen molar-refractivity contribution in [3.63, 3.8) is 0 Å². The highest BCUT2D eigenvalue weighted by Gasteiger charge is 2.14. The Morgan fingerprint density at radius 1 is 0.920 bits per heavy atom. The maximum atomic E-state index is 11.5. The number of nitrogens with zero attached hydrogens (tertiary/aromatic N) is 2. The monoisotopic (exact) mass is 334 g/mol. The number of benzene rings is 3. The summed E-state index contributed by atoms with van der Waals surface area (Å²) < 4.78 is 5.57. The van der Waals surface area contributed by atoms with E-state index in [2.05, 4.69) is 9.97 Å². The third kappa shape index (κ3) is 2.53. The van der Waals surface area contributed by atoms with Crippen LogP contribution in [0.2, 0.25) is 0 Å². The van der Waals surface area contributed by atoms with Gasteiger partial charge in [0.1, 0.15) is 17.9 Å². The molecule has 3 aromatic carbocycles. The predicted molar refractivity (Wildman–Crippen MR) is 94.1 cm³/mol. The minimum Gasteiger partial charge on any atom is -0.491 e. The van der Waals surface area contributed by atoms with Crippen molar-refractivity contribution in [3.05, 3.63) is 54.1 Å². The fourth-order valence-corrected chi connectivity index (χ4v) is 2.94. The Bertz CT molecular complexity index is 1120. The zero-order valence-corrected chi connectivity index (χ0v) is 13.1. The van der Waals surface area contributed by atoms with Crippen molar-refractivity contribution >= 4 is 38.8 Å². The van der Waals surface area contributed by atoms with Crippen LogP contribution in [0, 0.1) is 0 Å². The summed E-state index contributed by atoms with van der Waals surface area (Å²) in [5.74, 6) is -0.395. The number of carbonyl (C=O) groups is 1. The van der Waals surface area contributed by atoms with Gasteiger partial charge in [-0.2, -0.15) is 0 Å². The van der Waals surface area contributed by atoms with E-state index in [1.165, 1.54) is 6.07 Å². The summed E-state index contributed by atoms with van der Waals surface area (Å²) in [6.07, 6.45) is 0. The fraction of sp³-hybridized carbons (Fsp3) is 0.105. The van der Waals surface area contributed by atoms with E-state index in [1.807, 2.05) is 30.3 Å². The van der Waals surface area contributed by atoms with Crippen molar-refractivity contribution in [2.45, 2.75) is 0 Å². The number of para-hydroxylation sites is 1. The van der Waals surface area contributed by atoms with Gasteiger partial charge in [0.2, 0.25) is 0 Å². The molecule has 1 heterocycles. The van der Waals surface area contributed by atoms with Crippen LogP contribution in [0.25, 0.3) is 32.8 Å². The van der Waals surface area contributed by atoms with Gasteiger partial charge in [-0.05, 0) is 30.3 Å². The Balaban J connectivity index is 2.06. The number of aromatic nitrogens is 2. The van der Waals surface area contributed by atoms with Gasteiger partial charge in [0.15, 0.2) is 0 Å². The van der Waals surface area contributed by atoms with Crippen LogP contribution in [0.5, 0.6) is 5.75 Å². The van der Waals surface area contributed by atoms with Crippen LogP contribution in [-0.2, 0) is 0 Å². The molecule has 6 heteroatoms. The predicted octanol–water partition coefficient (Wildman–Crippen LogP) is 3.01. The highest BCUT2D eigenvalue weighted by molar-refractivity contribution is 6.10. The molecule has 0 radical (unpaired) electrons. The van der Waals surface area contributed by atoms with E-state index in [4.69, 9.17) is 9.84 Å². The van der Waals surface area contributed by atoms with Crippen LogP contribution in [0.4, 0.5) is 0 Å². The summed E-state index contributed by atoms with van der Waals surface area (Å²) in [5, 5.41) is 20.0. The highest BCUT2D eigenvalue weighted by Crippen LogP contribution is 2.31. The maximum absolute atomic E-state index is 11.5. The molecule has 0 amide bonds. The minimum atomic E-state index is -1.04. The molecule has 0 atom stereocenters. The number of aliphatic hydroxyl groups is 1. The molecule has 0 unspecified atom stereocenters. The highest BCUT2D eigenvalue weighted by atomic mass is 16.5. The molecule has 1 aromatic heterocycles. The minimum absolute atomic E-state index is 0.0730. The van der Waals surface area contributed by atoms with Gasteiger partial charge in [0, 0.05) is 10.8 Å². The molecule has 0 bridgehead atoms. The first-order valence-corrected chi connectivity index (χ1v) is 7.78. The van der Waals surface area contributed by atoms with Crippen molar-refractivity contribution in [1.82, 2.24) is 9.97 Å². The summed E-state index contributed by atoms with van der Waals surface area (Å²) in [7, 11) is 0. The second-order valence-corrected chi connectivity index (χ2v) is 5.56. The molecule has 0 spiro atoms. The molecule has 124 valence electrons. The fourth-order valence-electron chi connectivity index (χ4n) is 2.94. The van der Waals surface area contributed by atoms with Crippen molar-refractivity contribution in [3.8, 4) is 5.75 Å². The van der Waals surface area contributed by atoms with E-state index >= 15 is 0 Å². The Morgan fingerprint density at radius 3 is 2.52 bits per heavy atom. The van der Waals surface area contributed by atoms with Crippen molar-refractivity contribution in [2.24, 2.45) is 0 Å². The van der Waals surface area contributed by atoms with Gasteiger partial charge in [-0.1, -0.05) is 18.2 Å². The van der Waals surface area contributed by atoms with E-state index in [9.17, 15) is 9.90 Å². The van der Waals surface area contributed by atoms with Crippen LogP contribution < -0.4 is 4.74 Å². The second-order valence-electron chi connectivity index (χ2n) is 5.56. The number of carboxylic acids is 1. The second kappa shape index (κ2) is 5.99. The molecular weight excluding hydrogens is 320 g/mol. The van der Waals surface area contributed by atoms with Gasteiger partial charge in [0.05, 0.1) is 28.7 Å². The maximum Gasteiger partial charge on any atom is 0.337 e. The third-order valence-electron chi connectivity index (χ3n) is 4.03. The molecule has 0 saturated heterocycles. The average molecular weight is 334 g/mol. The number of aliphatic hydroxyl groups excluding tert-OH is 1. The Hall–Kier alpha value is -3.25. The zero-order chi connectivity index (χ0) is 17.4. The van der Waals surface area contributed by atoms with E-state index < -0.39 is 5.97 Å². The van der Waals surface area contributed by atoms with Crippen LogP contribution in [0.15, 0.2) is 48.5 Å². The van der Waals surface area contributed by atoms with E-state index in [-0.39, 0.29) is 18.8 Å². The number of carboxylic acid groups (broad SMARTS) is 1. The molecule has 2 N–H and O–H groups in total. The lowest BCUT2D eigenvalue weighted by atomic mass is 10.1. The quantitative estimate of drug-likeness (QED) is 0.440. The van der Waals surface area contributed by atoms with Crippen LogP contribution in [0.1, 0.15) is 10.4 Å². The van der Waals surface area contributed by atoms with Gasteiger partial charge in [-0.25, -0.2) is 14.8 Å². The molecule has 4 rings (SSSR count). The number of aromatic carboxylic acids is 1. The first-order valence-electron chi connectivity index (χ1n) is 7.78. The summed E-state index contributed by atoms with van der Waals surface area (Å²) in [6, 6.07) is 14.2. The van der Waals surface area contributed by atoms with Crippen molar-refractivity contribution in [2.75, 3.05) is 13.2 Å². The standard InChI is InChI=1S/C19H14N2O4/c22-9-10-25-16-6-2-3-12-11(16)7-8-15-17(12)21-18-13(19(23)24)4-1-5-14(18)20-15/h1-8,22H,9-10H2,(H,23,24). The Morgan fingerprint density at radius 2 is 1.72 bits per heavy atom. The molecule has 25 heavy (non-hydrogen) atoms. The number of rotatable bonds is 4. The van der Waals surface area contributed by atoms with Crippen molar-refractivity contribution in [1.29, 1.82) is 0 Å². The average Bonchev–Trinajstić information content (AvgIpc) is 2.63. The molecule has 4 aromatic rings. The Kier molecular flexibility index (Phi) is 3.66. The van der Waals surface area contributed by atoms with Gasteiger partial charge in [-0.3, -0.25) is 0 Å². The lowest BCUT2D eigenvalue weighted by molar-refractivity contribution is 0.0699. The lowest BCUT2D eigenvalue weighted by Gasteiger charge is -2.10. The van der Waals surface area contributed by atoms with Gasteiger partial charge < -0.3 is 14.9 Å². The van der Waals surface area contributed by atoms with Crippen LogP contribution >= 0.6 is 0 Å². The molecule has 0 aliphatic carbocycles. The molecule has 6 nitrogen and oxygen atoms in total. The number of fused-ring (bicyclic) bond motifs is 4. The van der Waals surface area contributed by atoms with E-state index in [1.54, 1.807) is 12.1 Å².